The van der Waals surface area contributed by atoms with E-state index in [9.17, 15) is 9.90 Å². The summed E-state index contributed by atoms with van der Waals surface area (Å²) in [5.74, 6) is -0.155. The number of phenolic OH excluding ortho intramolecular Hbond substituents is 2. The Kier molecular flexibility index (Phi) is 2.26. The molecule has 1 fully saturated rings. The van der Waals surface area contributed by atoms with Crippen LogP contribution < -0.4 is 5.32 Å². The van der Waals surface area contributed by atoms with Gasteiger partial charge < -0.3 is 15.5 Å². The van der Waals surface area contributed by atoms with Crippen LogP contribution in [0.5, 0.6) is 11.5 Å². The van der Waals surface area contributed by atoms with Gasteiger partial charge in [0.05, 0.1) is 0 Å². The number of rotatable bonds is 2. The molecule has 0 heterocycles. The van der Waals surface area contributed by atoms with E-state index in [-0.39, 0.29) is 23.4 Å². The second-order valence-corrected chi connectivity index (χ2v) is 4.00. The number of amides is 1. The zero-order valence-corrected chi connectivity index (χ0v) is 8.40. The highest BCUT2D eigenvalue weighted by Gasteiger charge is 2.34. The van der Waals surface area contributed by atoms with Gasteiger partial charge in [-0.2, -0.15) is 0 Å². The number of aromatic hydroxyl groups is 2. The van der Waals surface area contributed by atoms with Gasteiger partial charge >= 0.3 is 0 Å². The van der Waals surface area contributed by atoms with Crippen molar-refractivity contribution in [3.63, 3.8) is 0 Å². The van der Waals surface area contributed by atoms with Gasteiger partial charge in [-0.15, -0.1) is 0 Å². The van der Waals surface area contributed by atoms with Crippen LogP contribution in [0.3, 0.4) is 0 Å². The summed E-state index contributed by atoms with van der Waals surface area (Å²) in [5, 5.41) is 21.1. The molecule has 1 aromatic carbocycles. The lowest BCUT2D eigenvalue weighted by atomic mass is 10.2. The van der Waals surface area contributed by atoms with Gasteiger partial charge in [0.15, 0.2) is 11.5 Å². The quantitative estimate of drug-likeness (QED) is 0.639. The minimum atomic E-state index is -0.272. The number of hydrogen-bond acceptors (Lipinski definition) is 3. The van der Waals surface area contributed by atoms with Crippen LogP contribution >= 0.6 is 0 Å². The van der Waals surface area contributed by atoms with Crippen LogP contribution in [0.1, 0.15) is 23.7 Å². The third-order valence-electron chi connectivity index (χ3n) is 2.66. The molecule has 4 heteroatoms. The summed E-state index contributed by atoms with van der Waals surface area (Å²) in [6.07, 6.45) is 1.01. The Hall–Kier alpha value is -1.71. The standard InChI is InChI=1S/C11H13NO3/c1-6-4-8(6)12-11(15)7-2-3-9(13)10(14)5-7/h2-3,5-6,8,13-14H,4H2,1H3,(H,12,15). The first-order valence-corrected chi connectivity index (χ1v) is 4.91. The molecule has 0 radical (unpaired) electrons. The van der Waals surface area contributed by atoms with Crippen LogP contribution in [0.15, 0.2) is 18.2 Å². The number of phenols is 2. The number of hydrogen-bond donors (Lipinski definition) is 3. The van der Waals surface area contributed by atoms with E-state index >= 15 is 0 Å². The van der Waals surface area contributed by atoms with Gasteiger partial charge in [-0.1, -0.05) is 6.92 Å². The molecule has 3 N–H and O–H groups in total. The predicted octanol–water partition coefficient (Wildman–Crippen LogP) is 1.24. The molecule has 1 amide bonds. The lowest BCUT2D eigenvalue weighted by molar-refractivity contribution is 0.0949. The van der Waals surface area contributed by atoms with E-state index < -0.39 is 0 Å². The summed E-state index contributed by atoms with van der Waals surface area (Å²) in [5.41, 5.74) is 0.365. The van der Waals surface area contributed by atoms with Crippen LogP contribution in [-0.4, -0.2) is 22.2 Å². The van der Waals surface area contributed by atoms with Gasteiger partial charge in [0.1, 0.15) is 0 Å². The van der Waals surface area contributed by atoms with E-state index in [2.05, 4.69) is 12.2 Å². The minimum Gasteiger partial charge on any atom is -0.504 e. The molecule has 1 aliphatic carbocycles. The third kappa shape index (κ3) is 2.03. The van der Waals surface area contributed by atoms with Crippen molar-refractivity contribution in [1.29, 1.82) is 0 Å². The maximum atomic E-state index is 11.6. The molecule has 2 unspecified atom stereocenters. The van der Waals surface area contributed by atoms with Gasteiger partial charge in [0.2, 0.25) is 0 Å². The Bertz CT molecular complexity index is 403. The van der Waals surface area contributed by atoms with Crippen LogP contribution in [0.2, 0.25) is 0 Å². The molecule has 0 aliphatic heterocycles. The molecule has 0 bridgehead atoms. The van der Waals surface area contributed by atoms with Crippen molar-refractivity contribution in [2.45, 2.75) is 19.4 Å². The Morgan fingerprint density at radius 1 is 1.40 bits per heavy atom. The number of carbonyl (C=O) groups excluding carboxylic acids is 1. The fourth-order valence-electron chi connectivity index (χ4n) is 1.44. The number of carbonyl (C=O) groups is 1. The second kappa shape index (κ2) is 3.46. The van der Waals surface area contributed by atoms with Gasteiger partial charge in [0, 0.05) is 11.6 Å². The van der Waals surface area contributed by atoms with Crippen molar-refractivity contribution < 1.29 is 15.0 Å². The first kappa shape index (κ1) is 9.83. The molecule has 2 atom stereocenters. The fourth-order valence-corrected chi connectivity index (χ4v) is 1.44. The van der Waals surface area contributed by atoms with Gasteiger partial charge in [0.25, 0.3) is 5.91 Å². The largest absolute Gasteiger partial charge is 0.504 e. The maximum absolute atomic E-state index is 11.6. The van der Waals surface area contributed by atoms with E-state index in [0.717, 1.165) is 6.42 Å². The zero-order chi connectivity index (χ0) is 11.0. The predicted molar refractivity (Wildman–Crippen MR) is 54.8 cm³/mol. The molecule has 1 saturated carbocycles. The topological polar surface area (TPSA) is 69.6 Å². The van der Waals surface area contributed by atoms with Crippen molar-refractivity contribution in [3.8, 4) is 11.5 Å². The van der Waals surface area contributed by atoms with Crippen LogP contribution in [0.4, 0.5) is 0 Å². The molecule has 4 nitrogen and oxygen atoms in total. The minimum absolute atomic E-state index is 0.209. The molecule has 1 aromatic rings. The van der Waals surface area contributed by atoms with E-state index in [1.165, 1.54) is 18.2 Å². The van der Waals surface area contributed by atoms with Gasteiger partial charge in [-0.25, -0.2) is 0 Å². The summed E-state index contributed by atoms with van der Waals surface area (Å²) in [6, 6.07) is 4.31. The highest BCUT2D eigenvalue weighted by atomic mass is 16.3. The summed E-state index contributed by atoms with van der Waals surface area (Å²) < 4.78 is 0. The molecule has 1 aliphatic rings. The summed E-state index contributed by atoms with van der Waals surface area (Å²) in [6.45, 7) is 2.07. The molecular weight excluding hydrogens is 194 g/mol. The molecule has 0 spiro atoms. The number of benzene rings is 1. The Balaban J connectivity index is 2.08. The van der Waals surface area contributed by atoms with Crippen molar-refractivity contribution >= 4 is 5.91 Å². The first-order chi connectivity index (χ1) is 7.08. The Morgan fingerprint density at radius 3 is 2.60 bits per heavy atom. The highest BCUT2D eigenvalue weighted by Crippen LogP contribution is 2.30. The summed E-state index contributed by atoms with van der Waals surface area (Å²) in [7, 11) is 0. The molecule has 0 aromatic heterocycles. The average Bonchev–Trinajstić information content (AvgIpc) is 2.86. The van der Waals surface area contributed by atoms with Crippen LogP contribution in [-0.2, 0) is 0 Å². The molecule has 80 valence electrons. The normalized spacial score (nSPS) is 23.5. The van der Waals surface area contributed by atoms with Crippen molar-refractivity contribution in [1.82, 2.24) is 5.32 Å². The Labute approximate surface area is 87.6 Å². The van der Waals surface area contributed by atoms with Crippen molar-refractivity contribution in [2.24, 2.45) is 5.92 Å². The Morgan fingerprint density at radius 2 is 2.07 bits per heavy atom. The van der Waals surface area contributed by atoms with Crippen LogP contribution in [0.25, 0.3) is 0 Å². The highest BCUT2D eigenvalue weighted by molar-refractivity contribution is 5.95. The average molecular weight is 207 g/mol. The summed E-state index contributed by atoms with van der Waals surface area (Å²) >= 11 is 0. The van der Waals surface area contributed by atoms with E-state index in [1.807, 2.05) is 0 Å². The third-order valence-corrected chi connectivity index (χ3v) is 2.66. The summed E-state index contributed by atoms with van der Waals surface area (Å²) in [4.78, 5) is 11.6. The number of nitrogens with one attached hydrogen (secondary N) is 1. The van der Waals surface area contributed by atoms with Crippen molar-refractivity contribution in [2.75, 3.05) is 0 Å². The smallest absolute Gasteiger partial charge is 0.251 e. The monoisotopic (exact) mass is 207 g/mol. The fraction of sp³-hybridized carbons (Fsp3) is 0.364. The van der Waals surface area contributed by atoms with Crippen molar-refractivity contribution in [3.05, 3.63) is 23.8 Å². The maximum Gasteiger partial charge on any atom is 0.251 e. The van der Waals surface area contributed by atoms with Gasteiger partial charge in [-0.05, 0) is 30.5 Å². The van der Waals surface area contributed by atoms with E-state index in [0.29, 0.717) is 11.5 Å². The van der Waals surface area contributed by atoms with Gasteiger partial charge in [-0.3, -0.25) is 4.79 Å². The zero-order valence-electron chi connectivity index (χ0n) is 8.40. The molecule has 0 saturated heterocycles. The molecule has 2 rings (SSSR count). The second-order valence-electron chi connectivity index (χ2n) is 4.00. The SMILES string of the molecule is CC1CC1NC(=O)c1ccc(O)c(O)c1. The van der Waals surface area contributed by atoms with Crippen LogP contribution in [0, 0.1) is 5.92 Å². The lowest BCUT2D eigenvalue weighted by Crippen LogP contribution is -2.26. The molecular formula is C11H13NO3. The van der Waals surface area contributed by atoms with E-state index in [4.69, 9.17) is 5.11 Å². The van der Waals surface area contributed by atoms with E-state index in [1.54, 1.807) is 0 Å². The molecule has 15 heavy (non-hydrogen) atoms. The first-order valence-electron chi connectivity index (χ1n) is 4.91. The lowest BCUT2D eigenvalue weighted by Gasteiger charge is -2.04.